The Hall–Kier alpha value is -3.51. The summed E-state index contributed by atoms with van der Waals surface area (Å²) < 4.78 is 16.9. The van der Waals surface area contributed by atoms with Crippen molar-refractivity contribution >= 4 is 5.97 Å². The van der Waals surface area contributed by atoms with Crippen molar-refractivity contribution in [2.75, 3.05) is 20.8 Å². The van der Waals surface area contributed by atoms with E-state index < -0.39 is 12.1 Å². The first kappa shape index (κ1) is 25.1. The van der Waals surface area contributed by atoms with Gasteiger partial charge in [-0.25, -0.2) is 0 Å². The van der Waals surface area contributed by atoms with E-state index in [9.17, 15) is 9.90 Å². The highest BCUT2D eigenvalue weighted by atomic mass is 16.5. The number of ether oxygens (including phenoxy) is 3. The summed E-state index contributed by atoms with van der Waals surface area (Å²) in [5.74, 6) is 1.09. The molecular formula is C28H32O6. The molecule has 0 radical (unpaired) electrons. The maximum atomic E-state index is 11.4. The number of carbonyl (C=O) groups is 1. The molecule has 0 amide bonds. The number of aliphatic hydroxyl groups is 1. The lowest BCUT2D eigenvalue weighted by atomic mass is 9.86. The van der Waals surface area contributed by atoms with Gasteiger partial charge in [-0.1, -0.05) is 42.5 Å². The summed E-state index contributed by atoms with van der Waals surface area (Å²) in [6.45, 7) is 2.36. The summed E-state index contributed by atoms with van der Waals surface area (Å²) in [6.07, 6.45) is 0.429. The Bertz CT molecular complexity index is 1040. The molecule has 6 heteroatoms. The van der Waals surface area contributed by atoms with Crippen molar-refractivity contribution in [1.82, 2.24) is 0 Å². The number of carboxylic acids is 1. The lowest BCUT2D eigenvalue weighted by Gasteiger charge is -2.25. The monoisotopic (exact) mass is 464 g/mol. The van der Waals surface area contributed by atoms with Crippen LogP contribution in [0.25, 0.3) is 0 Å². The molecule has 0 fully saturated rings. The van der Waals surface area contributed by atoms with Gasteiger partial charge in [0.1, 0.15) is 17.2 Å². The Labute approximate surface area is 200 Å². The number of hydrogen-bond donors (Lipinski definition) is 2. The first-order chi connectivity index (χ1) is 16.4. The highest BCUT2D eigenvalue weighted by molar-refractivity contribution is 5.70. The molecule has 0 bridgehead atoms. The van der Waals surface area contributed by atoms with Crippen molar-refractivity contribution in [2.45, 2.75) is 32.3 Å². The fourth-order valence-electron chi connectivity index (χ4n) is 4.04. The summed E-state index contributed by atoms with van der Waals surface area (Å²) in [5.41, 5.74) is 3.35. The SMILES string of the molecule is COc1cc(C(O)[C@@H](CCOc2ccccc2)Cc2ccc(CC(=O)O)cc2)cc(OC)c1C. The molecule has 0 heterocycles. The molecule has 6 nitrogen and oxygen atoms in total. The Balaban J connectivity index is 1.82. The summed E-state index contributed by atoms with van der Waals surface area (Å²) in [5, 5.41) is 20.4. The van der Waals surface area contributed by atoms with Crippen molar-refractivity contribution in [3.63, 3.8) is 0 Å². The number of carboxylic acid groups (broad SMARTS) is 1. The second-order valence-electron chi connectivity index (χ2n) is 8.30. The van der Waals surface area contributed by atoms with Gasteiger partial charge >= 0.3 is 5.97 Å². The summed E-state index contributed by atoms with van der Waals surface area (Å²) >= 11 is 0. The van der Waals surface area contributed by atoms with Crippen LogP contribution in [-0.2, 0) is 17.6 Å². The van der Waals surface area contributed by atoms with Crippen LogP contribution in [0, 0.1) is 12.8 Å². The average molecular weight is 465 g/mol. The Morgan fingerprint density at radius 2 is 1.50 bits per heavy atom. The zero-order chi connectivity index (χ0) is 24.5. The summed E-state index contributed by atoms with van der Waals surface area (Å²) in [7, 11) is 3.20. The van der Waals surface area contributed by atoms with E-state index in [1.54, 1.807) is 14.2 Å². The molecule has 34 heavy (non-hydrogen) atoms. The zero-order valence-electron chi connectivity index (χ0n) is 19.9. The van der Waals surface area contributed by atoms with Crippen molar-refractivity contribution in [3.05, 3.63) is 89.0 Å². The van der Waals surface area contributed by atoms with Crippen LogP contribution < -0.4 is 14.2 Å². The maximum Gasteiger partial charge on any atom is 0.307 e. The second-order valence-corrected chi connectivity index (χ2v) is 8.30. The van der Waals surface area contributed by atoms with E-state index in [-0.39, 0.29) is 12.3 Å². The van der Waals surface area contributed by atoms with Crippen LogP contribution in [0.2, 0.25) is 0 Å². The molecule has 0 saturated carbocycles. The van der Waals surface area contributed by atoms with Gasteiger partial charge in [-0.2, -0.15) is 0 Å². The highest BCUT2D eigenvalue weighted by Crippen LogP contribution is 2.36. The first-order valence-corrected chi connectivity index (χ1v) is 11.3. The number of rotatable bonds is 12. The lowest BCUT2D eigenvalue weighted by Crippen LogP contribution is -2.19. The molecule has 0 aliphatic heterocycles. The van der Waals surface area contributed by atoms with Crippen LogP contribution in [-0.4, -0.2) is 37.0 Å². The third-order valence-corrected chi connectivity index (χ3v) is 5.94. The molecule has 0 aliphatic carbocycles. The van der Waals surface area contributed by atoms with E-state index in [2.05, 4.69) is 0 Å². The predicted octanol–water partition coefficient (Wildman–Crippen LogP) is 5.00. The largest absolute Gasteiger partial charge is 0.496 e. The normalized spacial score (nSPS) is 12.6. The number of aliphatic hydroxyl groups excluding tert-OH is 1. The van der Waals surface area contributed by atoms with Crippen LogP contribution in [0.3, 0.4) is 0 Å². The Kier molecular flexibility index (Phi) is 8.93. The Morgan fingerprint density at radius 3 is 2.06 bits per heavy atom. The molecule has 1 unspecified atom stereocenters. The molecule has 0 aromatic heterocycles. The third kappa shape index (κ3) is 6.75. The molecule has 180 valence electrons. The van der Waals surface area contributed by atoms with Crippen molar-refractivity contribution in [2.24, 2.45) is 5.92 Å². The standard InChI is InChI=1S/C28H32O6/c1-19-25(32-2)17-23(18-26(19)33-3)28(31)22(13-14-34-24-7-5-4-6-8-24)15-20-9-11-21(12-10-20)16-27(29)30/h4-12,17-18,22,28,31H,13-16H2,1-3H3,(H,29,30)/t22-,28?/m0/s1. The quantitative estimate of drug-likeness (QED) is 0.392. The van der Waals surface area contributed by atoms with Crippen LogP contribution in [0.15, 0.2) is 66.7 Å². The molecule has 0 spiro atoms. The van der Waals surface area contributed by atoms with Gasteiger partial charge in [0.25, 0.3) is 0 Å². The van der Waals surface area contributed by atoms with Crippen LogP contribution in [0.1, 0.15) is 34.8 Å². The fourth-order valence-corrected chi connectivity index (χ4v) is 4.04. The molecule has 0 saturated heterocycles. The van der Waals surface area contributed by atoms with Crippen LogP contribution in [0.4, 0.5) is 0 Å². The molecular weight excluding hydrogens is 432 g/mol. The number of hydrogen-bond acceptors (Lipinski definition) is 5. The van der Waals surface area contributed by atoms with Gasteiger partial charge in [-0.05, 0) is 66.6 Å². The lowest BCUT2D eigenvalue weighted by molar-refractivity contribution is -0.136. The van der Waals surface area contributed by atoms with E-state index in [0.29, 0.717) is 36.5 Å². The average Bonchev–Trinajstić information content (AvgIpc) is 2.84. The van der Waals surface area contributed by atoms with Gasteiger partial charge in [0.05, 0.1) is 33.4 Å². The van der Waals surface area contributed by atoms with Gasteiger partial charge in [-0.15, -0.1) is 0 Å². The summed E-state index contributed by atoms with van der Waals surface area (Å²) in [4.78, 5) is 11.0. The topological polar surface area (TPSA) is 85.2 Å². The van der Waals surface area contributed by atoms with Crippen molar-refractivity contribution in [1.29, 1.82) is 0 Å². The minimum atomic E-state index is -0.860. The van der Waals surface area contributed by atoms with E-state index in [4.69, 9.17) is 19.3 Å². The highest BCUT2D eigenvalue weighted by Gasteiger charge is 2.24. The number of benzene rings is 3. The fraction of sp³-hybridized carbons (Fsp3) is 0.321. The number of para-hydroxylation sites is 1. The molecule has 0 aliphatic rings. The van der Waals surface area contributed by atoms with E-state index in [1.807, 2.05) is 73.7 Å². The molecule has 3 rings (SSSR count). The third-order valence-electron chi connectivity index (χ3n) is 5.94. The minimum Gasteiger partial charge on any atom is -0.496 e. The maximum absolute atomic E-state index is 11.4. The van der Waals surface area contributed by atoms with Gasteiger partial charge in [-0.3, -0.25) is 4.79 Å². The zero-order valence-corrected chi connectivity index (χ0v) is 19.9. The molecule has 3 aromatic rings. The Morgan fingerprint density at radius 1 is 0.912 bits per heavy atom. The smallest absolute Gasteiger partial charge is 0.307 e. The van der Waals surface area contributed by atoms with Gasteiger partial charge in [0, 0.05) is 5.56 Å². The molecule has 2 N–H and O–H groups in total. The number of aliphatic carboxylic acids is 1. The summed E-state index contributed by atoms with van der Waals surface area (Å²) in [6, 6.07) is 20.8. The van der Waals surface area contributed by atoms with Crippen molar-refractivity contribution in [3.8, 4) is 17.2 Å². The predicted molar refractivity (Wildman–Crippen MR) is 131 cm³/mol. The minimum absolute atomic E-state index is 0.0137. The van der Waals surface area contributed by atoms with E-state index in [0.717, 1.165) is 22.4 Å². The van der Waals surface area contributed by atoms with Gasteiger partial charge < -0.3 is 24.4 Å². The second kappa shape index (κ2) is 12.1. The van der Waals surface area contributed by atoms with E-state index >= 15 is 0 Å². The van der Waals surface area contributed by atoms with Crippen LogP contribution >= 0.6 is 0 Å². The van der Waals surface area contributed by atoms with E-state index in [1.165, 1.54) is 0 Å². The van der Waals surface area contributed by atoms with Gasteiger partial charge in [0.15, 0.2) is 0 Å². The van der Waals surface area contributed by atoms with Crippen LogP contribution in [0.5, 0.6) is 17.2 Å². The van der Waals surface area contributed by atoms with Crippen molar-refractivity contribution < 1.29 is 29.2 Å². The molecule has 2 atom stereocenters. The number of methoxy groups -OCH3 is 2. The molecule has 3 aromatic carbocycles. The first-order valence-electron chi connectivity index (χ1n) is 11.3. The van der Waals surface area contributed by atoms with Gasteiger partial charge in [0.2, 0.25) is 0 Å².